The Labute approximate surface area is 125 Å². The summed E-state index contributed by atoms with van der Waals surface area (Å²) in [5, 5.41) is 5.52. The van der Waals surface area contributed by atoms with E-state index in [9.17, 15) is 13.6 Å². The van der Waals surface area contributed by atoms with E-state index in [-0.39, 0.29) is 23.3 Å². The van der Waals surface area contributed by atoms with Crippen LogP contribution < -0.4 is 10.6 Å². The zero-order valence-electron chi connectivity index (χ0n) is 11.2. The van der Waals surface area contributed by atoms with Crippen LogP contribution in [0.1, 0.15) is 5.56 Å². The fraction of sp³-hybridized carbons (Fsp3) is 0.133. The predicted molar refractivity (Wildman–Crippen MR) is 79.7 cm³/mol. The maximum Gasteiger partial charge on any atom is 0.243 e. The highest BCUT2D eigenvalue weighted by atomic mass is 35.5. The van der Waals surface area contributed by atoms with E-state index in [4.69, 9.17) is 11.6 Å². The van der Waals surface area contributed by atoms with Gasteiger partial charge in [0.2, 0.25) is 5.91 Å². The molecule has 0 unspecified atom stereocenters. The Morgan fingerprint density at radius 2 is 1.95 bits per heavy atom. The van der Waals surface area contributed by atoms with E-state index in [0.29, 0.717) is 16.9 Å². The smallest absolute Gasteiger partial charge is 0.243 e. The van der Waals surface area contributed by atoms with Gasteiger partial charge in [-0.2, -0.15) is 0 Å². The number of anilines is 2. The van der Waals surface area contributed by atoms with E-state index in [1.165, 1.54) is 18.2 Å². The Hall–Kier alpha value is -2.14. The molecule has 0 aliphatic rings. The first-order valence-corrected chi connectivity index (χ1v) is 6.58. The van der Waals surface area contributed by atoms with E-state index in [0.717, 1.165) is 6.07 Å². The first-order valence-electron chi connectivity index (χ1n) is 6.20. The number of hydrogen-bond acceptors (Lipinski definition) is 2. The molecule has 0 bridgehead atoms. The van der Waals surface area contributed by atoms with Crippen molar-refractivity contribution in [2.24, 2.45) is 0 Å². The van der Waals surface area contributed by atoms with Crippen LogP contribution in [-0.2, 0) is 4.79 Å². The van der Waals surface area contributed by atoms with Gasteiger partial charge in [-0.25, -0.2) is 8.78 Å². The van der Waals surface area contributed by atoms with Crippen molar-refractivity contribution in [2.75, 3.05) is 17.2 Å². The zero-order valence-corrected chi connectivity index (χ0v) is 12.0. The zero-order chi connectivity index (χ0) is 15.4. The highest BCUT2D eigenvalue weighted by Crippen LogP contribution is 2.22. The van der Waals surface area contributed by atoms with Crippen molar-refractivity contribution >= 4 is 28.9 Å². The van der Waals surface area contributed by atoms with Crippen LogP contribution in [0.3, 0.4) is 0 Å². The molecule has 0 aromatic heterocycles. The average molecular weight is 311 g/mol. The molecule has 0 atom stereocenters. The van der Waals surface area contributed by atoms with E-state index in [1.54, 1.807) is 19.1 Å². The van der Waals surface area contributed by atoms with Crippen molar-refractivity contribution in [3.05, 3.63) is 58.6 Å². The van der Waals surface area contributed by atoms with Gasteiger partial charge in [0.05, 0.1) is 17.3 Å². The van der Waals surface area contributed by atoms with E-state index in [2.05, 4.69) is 10.6 Å². The highest BCUT2D eigenvalue weighted by Gasteiger charge is 2.06. The maximum atomic E-state index is 13.4. The molecule has 6 heteroatoms. The van der Waals surface area contributed by atoms with Gasteiger partial charge in [0.1, 0.15) is 11.6 Å². The number of nitrogens with one attached hydrogen (secondary N) is 2. The fourth-order valence-electron chi connectivity index (χ4n) is 1.68. The van der Waals surface area contributed by atoms with Crippen molar-refractivity contribution in [3.63, 3.8) is 0 Å². The standard InChI is InChI=1S/C15H13ClF2N2O/c1-9-2-4-11(7-13(9)18)20-15(21)8-19-14-5-3-10(17)6-12(14)16/h2-7,19H,8H2,1H3,(H,20,21). The third-order valence-corrected chi connectivity index (χ3v) is 3.14. The van der Waals surface area contributed by atoms with Crippen LogP contribution in [-0.4, -0.2) is 12.5 Å². The Kier molecular flexibility index (Phi) is 4.75. The molecule has 0 saturated carbocycles. The number of carbonyl (C=O) groups is 1. The second-order valence-corrected chi connectivity index (χ2v) is 4.90. The lowest BCUT2D eigenvalue weighted by Gasteiger charge is -2.09. The van der Waals surface area contributed by atoms with E-state index >= 15 is 0 Å². The van der Waals surface area contributed by atoms with Gasteiger partial charge in [-0.1, -0.05) is 17.7 Å². The summed E-state index contributed by atoms with van der Waals surface area (Å²) in [7, 11) is 0. The van der Waals surface area contributed by atoms with E-state index < -0.39 is 5.82 Å². The number of amides is 1. The topological polar surface area (TPSA) is 41.1 Å². The van der Waals surface area contributed by atoms with Crippen LogP contribution in [0.2, 0.25) is 5.02 Å². The minimum Gasteiger partial charge on any atom is -0.375 e. The number of rotatable bonds is 4. The molecular weight excluding hydrogens is 298 g/mol. The van der Waals surface area contributed by atoms with Gasteiger partial charge < -0.3 is 10.6 Å². The molecule has 0 spiro atoms. The summed E-state index contributed by atoms with van der Waals surface area (Å²) in [6.07, 6.45) is 0. The van der Waals surface area contributed by atoms with Gasteiger partial charge in [-0.05, 0) is 42.8 Å². The SMILES string of the molecule is Cc1ccc(NC(=O)CNc2ccc(F)cc2Cl)cc1F. The third-order valence-electron chi connectivity index (χ3n) is 2.83. The van der Waals surface area contributed by atoms with Crippen LogP contribution in [0.4, 0.5) is 20.2 Å². The van der Waals surface area contributed by atoms with Gasteiger partial charge in [0, 0.05) is 5.69 Å². The largest absolute Gasteiger partial charge is 0.375 e. The average Bonchev–Trinajstić information content (AvgIpc) is 2.42. The van der Waals surface area contributed by atoms with Gasteiger partial charge >= 0.3 is 0 Å². The maximum absolute atomic E-state index is 13.4. The third kappa shape index (κ3) is 4.16. The highest BCUT2D eigenvalue weighted by molar-refractivity contribution is 6.33. The van der Waals surface area contributed by atoms with E-state index in [1.807, 2.05) is 0 Å². The minimum atomic E-state index is -0.454. The predicted octanol–water partition coefficient (Wildman–Crippen LogP) is 3.98. The van der Waals surface area contributed by atoms with Gasteiger partial charge in [0.15, 0.2) is 0 Å². The summed E-state index contributed by atoms with van der Waals surface area (Å²) >= 11 is 5.83. The minimum absolute atomic E-state index is 0.0686. The van der Waals surface area contributed by atoms with Crippen molar-refractivity contribution in [1.82, 2.24) is 0 Å². The van der Waals surface area contributed by atoms with Crippen molar-refractivity contribution in [1.29, 1.82) is 0 Å². The van der Waals surface area contributed by atoms with Gasteiger partial charge in [-0.15, -0.1) is 0 Å². The molecule has 0 saturated heterocycles. The van der Waals surface area contributed by atoms with Crippen molar-refractivity contribution < 1.29 is 13.6 Å². The number of benzene rings is 2. The van der Waals surface area contributed by atoms with Crippen LogP contribution in [0, 0.1) is 18.6 Å². The number of aryl methyl sites for hydroxylation is 1. The molecule has 0 heterocycles. The summed E-state index contributed by atoms with van der Waals surface area (Å²) in [6, 6.07) is 8.27. The summed E-state index contributed by atoms with van der Waals surface area (Å²) < 4.78 is 26.2. The van der Waals surface area contributed by atoms with Crippen molar-refractivity contribution in [3.8, 4) is 0 Å². The second kappa shape index (κ2) is 6.54. The molecule has 2 N–H and O–H groups in total. The molecule has 110 valence electrons. The van der Waals surface area contributed by atoms with Crippen LogP contribution in [0.5, 0.6) is 0 Å². The van der Waals surface area contributed by atoms with Crippen molar-refractivity contribution in [2.45, 2.75) is 6.92 Å². The lowest BCUT2D eigenvalue weighted by atomic mass is 10.2. The summed E-state index contributed by atoms with van der Waals surface area (Å²) in [4.78, 5) is 11.7. The molecule has 0 radical (unpaired) electrons. The lowest BCUT2D eigenvalue weighted by molar-refractivity contribution is -0.114. The van der Waals surface area contributed by atoms with Gasteiger partial charge in [0.25, 0.3) is 0 Å². The quantitative estimate of drug-likeness (QED) is 0.897. The molecule has 2 aromatic rings. The first-order chi connectivity index (χ1) is 9.95. The van der Waals surface area contributed by atoms with Gasteiger partial charge in [-0.3, -0.25) is 4.79 Å². The van der Waals surface area contributed by atoms with Crippen LogP contribution >= 0.6 is 11.6 Å². The molecule has 0 aliphatic carbocycles. The first kappa shape index (κ1) is 15.3. The lowest BCUT2D eigenvalue weighted by Crippen LogP contribution is -2.22. The number of hydrogen-bond donors (Lipinski definition) is 2. The Balaban J connectivity index is 1.94. The fourth-order valence-corrected chi connectivity index (χ4v) is 1.92. The monoisotopic (exact) mass is 310 g/mol. The number of carbonyl (C=O) groups excluding carboxylic acids is 1. The number of halogens is 3. The van der Waals surface area contributed by atoms with Crippen LogP contribution in [0.15, 0.2) is 36.4 Å². The van der Waals surface area contributed by atoms with Crippen LogP contribution in [0.25, 0.3) is 0 Å². The molecule has 2 aromatic carbocycles. The molecule has 0 aliphatic heterocycles. The molecular formula is C15H13ClF2N2O. The molecule has 21 heavy (non-hydrogen) atoms. The molecule has 3 nitrogen and oxygen atoms in total. The Morgan fingerprint density at radius 3 is 2.62 bits per heavy atom. The summed E-state index contributed by atoms with van der Waals surface area (Å²) in [5.41, 5.74) is 1.32. The Bertz CT molecular complexity index is 677. The second-order valence-electron chi connectivity index (χ2n) is 4.49. The normalized spacial score (nSPS) is 10.3. The molecule has 2 rings (SSSR count). The molecule has 1 amide bonds. The molecule has 0 fully saturated rings. The summed E-state index contributed by atoms with van der Waals surface area (Å²) in [5.74, 6) is -1.20. The summed E-state index contributed by atoms with van der Waals surface area (Å²) in [6.45, 7) is 1.57. The Morgan fingerprint density at radius 1 is 1.19 bits per heavy atom.